The number of likely N-dealkylation sites (tertiary alicyclic amines) is 1. The first kappa shape index (κ1) is 22.1. The van der Waals surface area contributed by atoms with Crippen LogP contribution in [0.25, 0.3) is 0 Å². The molecule has 7 nitrogen and oxygen atoms in total. The second kappa shape index (κ2) is 9.18. The van der Waals surface area contributed by atoms with Crippen molar-refractivity contribution in [3.63, 3.8) is 0 Å². The highest BCUT2D eigenvalue weighted by molar-refractivity contribution is 5.78. The summed E-state index contributed by atoms with van der Waals surface area (Å²) >= 11 is 0. The predicted octanol–water partition coefficient (Wildman–Crippen LogP) is 4.16. The van der Waals surface area contributed by atoms with Gasteiger partial charge < -0.3 is 29.0 Å². The summed E-state index contributed by atoms with van der Waals surface area (Å²) < 4.78 is 21.9. The maximum absolute atomic E-state index is 13.4. The third-order valence-corrected chi connectivity index (χ3v) is 6.30. The van der Waals surface area contributed by atoms with Crippen molar-refractivity contribution in [1.29, 1.82) is 0 Å². The zero-order valence-corrected chi connectivity index (χ0v) is 19.1. The summed E-state index contributed by atoms with van der Waals surface area (Å²) in [5.74, 6) is 2.85. The van der Waals surface area contributed by atoms with Gasteiger partial charge in [-0.3, -0.25) is 4.79 Å². The molecule has 1 saturated heterocycles. The number of carbonyl (C=O) groups is 1. The Labute approximate surface area is 188 Å². The molecule has 0 aliphatic carbocycles. The highest BCUT2D eigenvalue weighted by Crippen LogP contribution is 2.45. The maximum atomic E-state index is 13.4. The third kappa shape index (κ3) is 4.42. The van der Waals surface area contributed by atoms with E-state index >= 15 is 0 Å². The van der Waals surface area contributed by atoms with Gasteiger partial charge in [-0.15, -0.1) is 0 Å². The summed E-state index contributed by atoms with van der Waals surface area (Å²) in [6.45, 7) is 6.04. The second-order valence-corrected chi connectivity index (χ2v) is 8.88. The van der Waals surface area contributed by atoms with Gasteiger partial charge in [0.15, 0.2) is 11.5 Å². The summed E-state index contributed by atoms with van der Waals surface area (Å²) in [7, 11) is 3.08. The Balaban J connectivity index is 1.73. The highest BCUT2D eigenvalue weighted by Gasteiger charge is 2.31. The Kier molecular flexibility index (Phi) is 6.35. The number of amides is 1. The summed E-state index contributed by atoms with van der Waals surface area (Å²) in [5, 5.41) is 10.9. The Morgan fingerprint density at radius 1 is 1.09 bits per heavy atom. The van der Waals surface area contributed by atoms with Gasteiger partial charge in [0.25, 0.3) is 0 Å². The van der Waals surface area contributed by atoms with Gasteiger partial charge in [-0.25, -0.2) is 0 Å². The number of nitrogens with zero attached hydrogens (tertiary/aromatic N) is 1. The van der Waals surface area contributed by atoms with Crippen molar-refractivity contribution in [2.75, 3.05) is 34.1 Å². The molecule has 2 aliphatic rings. The molecule has 0 bridgehead atoms. The number of phenols is 1. The van der Waals surface area contributed by atoms with Crippen molar-refractivity contribution in [3.05, 3.63) is 41.5 Å². The van der Waals surface area contributed by atoms with Gasteiger partial charge in [0.05, 0.1) is 14.2 Å². The molecule has 2 aromatic carbocycles. The molecule has 0 radical (unpaired) electrons. The van der Waals surface area contributed by atoms with E-state index in [9.17, 15) is 9.90 Å². The van der Waals surface area contributed by atoms with E-state index in [2.05, 4.69) is 13.8 Å². The van der Waals surface area contributed by atoms with Gasteiger partial charge in [0, 0.05) is 43.1 Å². The van der Waals surface area contributed by atoms with E-state index in [1.165, 1.54) is 7.11 Å². The van der Waals surface area contributed by atoms with E-state index in [1.54, 1.807) is 19.2 Å². The Morgan fingerprint density at radius 2 is 1.81 bits per heavy atom. The van der Waals surface area contributed by atoms with Crippen LogP contribution in [0.2, 0.25) is 0 Å². The number of phenolic OH excluding ortho intramolecular Hbond substituents is 1. The van der Waals surface area contributed by atoms with E-state index in [0.29, 0.717) is 40.4 Å². The number of piperidine rings is 1. The maximum Gasteiger partial charge on any atom is 0.231 e. The zero-order valence-electron chi connectivity index (χ0n) is 19.1. The monoisotopic (exact) mass is 441 g/mol. The number of methoxy groups -OCH3 is 2. The first-order chi connectivity index (χ1) is 15.4. The zero-order chi connectivity index (χ0) is 22.8. The van der Waals surface area contributed by atoms with Crippen LogP contribution >= 0.6 is 0 Å². The van der Waals surface area contributed by atoms with Crippen LogP contribution in [0.5, 0.6) is 28.7 Å². The van der Waals surface area contributed by atoms with Crippen LogP contribution < -0.4 is 18.9 Å². The number of ether oxygens (including phenoxy) is 4. The number of hydrogen-bond acceptors (Lipinski definition) is 6. The van der Waals surface area contributed by atoms with Crippen molar-refractivity contribution < 1.29 is 28.8 Å². The fraction of sp³-hybridized carbons (Fsp3) is 0.480. The third-order valence-electron chi connectivity index (χ3n) is 6.30. The molecule has 0 aromatic heterocycles. The minimum atomic E-state index is -0.426. The summed E-state index contributed by atoms with van der Waals surface area (Å²) in [4.78, 5) is 15.4. The summed E-state index contributed by atoms with van der Waals surface area (Å²) in [5.41, 5.74) is 1.40. The summed E-state index contributed by atoms with van der Waals surface area (Å²) in [6.07, 6.45) is 1.33. The molecular formula is C25H31NO6. The fourth-order valence-electron chi connectivity index (χ4n) is 4.91. The summed E-state index contributed by atoms with van der Waals surface area (Å²) in [6, 6.07) is 8.91. The van der Waals surface area contributed by atoms with Gasteiger partial charge in [-0.2, -0.15) is 0 Å². The fourth-order valence-corrected chi connectivity index (χ4v) is 4.91. The molecule has 1 amide bonds. The molecular weight excluding hydrogens is 410 g/mol. The molecule has 1 fully saturated rings. The lowest BCUT2D eigenvalue weighted by Gasteiger charge is -2.36. The minimum Gasteiger partial charge on any atom is -0.507 e. The largest absolute Gasteiger partial charge is 0.507 e. The van der Waals surface area contributed by atoms with E-state index in [4.69, 9.17) is 18.9 Å². The highest BCUT2D eigenvalue weighted by atomic mass is 16.7. The molecule has 0 spiro atoms. The number of rotatable bonds is 6. The number of hydrogen-bond donors (Lipinski definition) is 1. The van der Waals surface area contributed by atoms with Crippen LogP contribution in [0.1, 0.15) is 43.7 Å². The van der Waals surface area contributed by atoms with E-state index < -0.39 is 5.92 Å². The predicted molar refractivity (Wildman–Crippen MR) is 120 cm³/mol. The van der Waals surface area contributed by atoms with Crippen molar-refractivity contribution in [1.82, 2.24) is 4.90 Å². The number of benzene rings is 2. The SMILES string of the molecule is COc1cc(O)c([C@@H](CC(=O)N2C[C@H](C)C[C@H](C)C2)c2ccc3c(c2)OCO3)c(OC)c1. The quantitative estimate of drug-likeness (QED) is 0.725. The van der Waals surface area contributed by atoms with Gasteiger partial charge in [0.2, 0.25) is 12.7 Å². The standard InChI is InChI=1S/C25H31NO6/c1-15-7-16(2)13-26(12-15)24(28)11-19(17-5-6-21-22(8-17)32-14-31-21)25-20(27)9-18(29-3)10-23(25)30-4/h5-6,8-10,15-16,19,27H,7,11-14H2,1-4H3/t15-,16+,19-/m0/s1. The second-order valence-electron chi connectivity index (χ2n) is 8.88. The molecule has 2 aromatic rings. The van der Waals surface area contributed by atoms with Crippen molar-refractivity contribution in [3.8, 4) is 28.7 Å². The van der Waals surface area contributed by atoms with Crippen LogP contribution in [-0.2, 0) is 4.79 Å². The van der Waals surface area contributed by atoms with Crippen LogP contribution in [-0.4, -0.2) is 50.0 Å². The molecule has 4 rings (SSSR count). The van der Waals surface area contributed by atoms with Crippen LogP contribution in [0.4, 0.5) is 0 Å². The number of fused-ring (bicyclic) bond motifs is 1. The van der Waals surface area contributed by atoms with Crippen LogP contribution in [0.15, 0.2) is 30.3 Å². The topological polar surface area (TPSA) is 77.5 Å². The van der Waals surface area contributed by atoms with Crippen LogP contribution in [0, 0.1) is 11.8 Å². The lowest BCUT2D eigenvalue weighted by molar-refractivity contribution is -0.134. The number of carbonyl (C=O) groups excluding carboxylic acids is 1. The van der Waals surface area contributed by atoms with Crippen LogP contribution in [0.3, 0.4) is 0 Å². The molecule has 0 saturated carbocycles. The van der Waals surface area contributed by atoms with Crippen molar-refractivity contribution in [2.45, 2.75) is 32.6 Å². The van der Waals surface area contributed by atoms with E-state index in [0.717, 1.165) is 25.1 Å². The van der Waals surface area contributed by atoms with E-state index in [-0.39, 0.29) is 24.9 Å². The lowest BCUT2D eigenvalue weighted by atomic mass is 9.85. The lowest BCUT2D eigenvalue weighted by Crippen LogP contribution is -2.43. The first-order valence-corrected chi connectivity index (χ1v) is 11.0. The average Bonchev–Trinajstić information content (AvgIpc) is 3.24. The van der Waals surface area contributed by atoms with Gasteiger partial charge >= 0.3 is 0 Å². The molecule has 1 N–H and O–H groups in total. The molecule has 32 heavy (non-hydrogen) atoms. The van der Waals surface area contributed by atoms with Crippen molar-refractivity contribution in [2.24, 2.45) is 11.8 Å². The molecule has 3 atom stereocenters. The van der Waals surface area contributed by atoms with Gasteiger partial charge in [-0.1, -0.05) is 19.9 Å². The average molecular weight is 442 g/mol. The Morgan fingerprint density at radius 3 is 2.50 bits per heavy atom. The van der Waals surface area contributed by atoms with E-state index in [1.807, 2.05) is 23.1 Å². The Hall–Kier alpha value is -3.09. The smallest absolute Gasteiger partial charge is 0.231 e. The van der Waals surface area contributed by atoms with Crippen molar-refractivity contribution >= 4 is 5.91 Å². The molecule has 0 unspecified atom stereocenters. The normalized spacial score (nSPS) is 20.7. The first-order valence-electron chi connectivity index (χ1n) is 11.0. The van der Waals surface area contributed by atoms with Gasteiger partial charge in [0.1, 0.15) is 17.2 Å². The molecule has 2 heterocycles. The minimum absolute atomic E-state index is 0.0250. The molecule has 172 valence electrons. The Bertz CT molecular complexity index is 981. The molecule has 7 heteroatoms. The number of aromatic hydroxyl groups is 1. The van der Waals surface area contributed by atoms with Gasteiger partial charge in [-0.05, 0) is 36.0 Å². The molecule has 2 aliphatic heterocycles.